The highest BCUT2D eigenvalue weighted by molar-refractivity contribution is 7.15. The predicted octanol–water partition coefficient (Wildman–Crippen LogP) is 2.95. The van der Waals surface area contributed by atoms with Crippen LogP contribution in [0.4, 0.5) is 14.5 Å². The Hall–Kier alpha value is -2.28. The molecule has 3 rings (SSSR count). The van der Waals surface area contributed by atoms with Crippen LogP contribution in [0.5, 0.6) is 0 Å². The van der Waals surface area contributed by atoms with Crippen LogP contribution in [0.3, 0.4) is 0 Å². The number of rotatable bonds is 3. The van der Waals surface area contributed by atoms with E-state index < -0.39 is 11.6 Å². The molecule has 0 amide bonds. The van der Waals surface area contributed by atoms with Crippen molar-refractivity contribution in [3.05, 3.63) is 63.0 Å². The molecule has 0 fully saturated rings. The first-order chi connectivity index (χ1) is 10.0. The molecule has 0 saturated carbocycles. The average Bonchev–Trinajstić information content (AvgIpc) is 2.82. The quantitative estimate of drug-likeness (QED) is 0.809. The number of hydrogen-bond donors (Lipinski definition) is 1. The third-order valence-electron chi connectivity index (χ3n) is 3.02. The minimum atomic E-state index is -0.554. The topological polar surface area (TPSA) is 46.4 Å². The van der Waals surface area contributed by atoms with Crippen LogP contribution in [0.2, 0.25) is 0 Å². The lowest BCUT2D eigenvalue weighted by Gasteiger charge is -2.07. The van der Waals surface area contributed by atoms with Gasteiger partial charge in [0, 0.05) is 17.1 Å². The van der Waals surface area contributed by atoms with E-state index in [2.05, 4.69) is 10.3 Å². The highest BCUT2D eigenvalue weighted by Crippen LogP contribution is 2.16. The molecule has 108 valence electrons. The maximum absolute atomic E-state index is 13.5. The Morgan fingerprint density at radius 1 is 1.33 bits per heavy atom. The number of aromatic nitrogens is 2. The number of fused-ring (bicyclic) bond motifs is 1. The molecule has 2 aromatic heterocycles. The van der Waals surface area contributed by atoms with Gasteiger partial charge < -0.3 is 5.32 Å². The Bertz CT molecular complexity index is 872. The van der Waals surface area contributed by atoms with Crippen molar-refractivity contribution in [2.75, 3.05) is 5.32 Å². The van der Waals surface area contributed by atoms with Gasteiger partial charge in [-0.1, -0.05) is 0 Å². The standard InChI is InChI=1S/C14H11F2N3OS/c1-8-7-21-14-18-10(5-13(20)19(8)14)6-17-12-4-9(15)2-3-11(12)16/h2-5,7,17H,6H2,1H3. The third-order valence-corrected chi connectivity index (χ3v) is 3.96. The number of nitrogens with one attached hydrogen (secondary N) is 1. The van der Waals surface area contributed by atoms with Crippen LogP contribution in [0.25, 0.3) is 4.96 Å². The number of hydrogen-bond acceptors (Lipinski definition) is 4. The van der Waals surface area contributed by atoms with Crippen molar-refractivity contribution < 1.29 is 8.78 Å². The molecule has 2 heterocycles. The molecule has 0 radical (unpaired) electrons. The molecule has 1 N–H and O–H groups in total. The fourth-order valence-electron chi connectivity index (χ4n) is 2.01. The largest absolute Gasteiger partial charge is 0.377 e. The summed E-state index contributed by atoms with van der Waals surface area (Å²) < 4.78 is 28.1. The van der Waals surface area contributed by atoms with E-state index in [0.717, 1.165) is 23.9 Å². The van der Waals surface area contributed by atoms with Crippen LogP contribution < -0.4 is 10.9 Å². The fraction of sp³-hybridized carbons (Fsp3) is 0.143. The van der Waals surface area contributed by atoms with E-state index in [-0.39, 0.29) is 17.8 Å². The maximum atomic E-state index is 13.5. The van der Waals surface area contributed by atoms with Gasteiger partial charge in [-0.25, -0.2) is 13.8 Å². The van der Waals surface area contributed by atoms with Crippen molar-refractivity contribution in [3.8, 4) is 0 Å². The van der Waals surface area contributed by atoms with Crippen molar-refractivity contribution in [1.29, 1.82) is 0 Å². The molecular formula is C14H11F2N3OS. The van der Waals surface area contributed by atoms with Crippen LogP contribution >= 0.6 is 11.3 Å². The first kappa shape index (κ1) is 13.7. The van der Waals surface area contributed by atoms with Crippen LogP contribution in [0, 0.1) is 18.6 Å². The van der Waals surface area contributed by atoms with E-state index in [0.29, 0.717) is 10.7 Å². The number of thiazole rings is 1. The zero-order chi connectivity index (χ0) is 15.0. The Kier molecular flexibility index (Phi) is 3.42. The molecule has 7 heteroatoms. The zero-order valence-corrected chi connectivity index (χ0v) is 11.9. The van der Waals surface area contributed by atoms with Gasteiger partial charge in [-0.2, -0.15) is 0 Å². The Balaban J connectivity index is 1.88. The summed E-state index contributed by atoms with van der Waals surface area (Å²) in [6, 6.07) is 4.55. The number of anilines is 1. The Morgan fingerprint density at radius 2 is 2.14 bits per heavy atom. The van der Waals surface area contributed by atoms with E-state index >= 15 is 0 Å². The summed E-state index contributed by atoms with van der Waals surface area (Å²) in [5, 5.41) is 4.59. The van der Waals surface area contributed by atoms with Crippen molar-refractivity contribution in [2.45, 2.75) is 13.5 Å². The molecule has 3 aromatic rings. The summed E-state index contributed by atoms with van der Waals surface area (Å²) in [7, 11) is 0. The molecule has 4 nitrogen and oxygen atoms in total. The highest BCUT2D eigenvalue weighted by atomic mass is 32.1. The van der Waals surface area contributed by atoms with Gasteiger partial charge in [0.1, 0.15) is 11.6 Å². The van der Waals surface area contributed by atoms with E-state index in [1.807, 2.05) is 12.3 Å². The van der Waals surface area contributed by atoms with Gasteiger partial charge in [0.15, 0.2) is 4.96 Å². The van der Waals surface area contributed by atoms with Gasteiger partial charge in [0.05, 0.1) is 17.9 Å². The molecule has 0 spiro atoms. The van der Waals surface area contributed by atoms with Gasteiger partial charge in [0.25, 0.3) is 5.56 Å². The van der Waals surface area contributed by atoms with E-state index in [9.17, 15) is 13.6 Å². The summed E-state index contributed by atoms with van der Waals surface area (Å²) in [4.78, 5) is 16.9. The van der Waals surface area contributed by atoms with Gasteiger partial charge in [-0.3, -0.25) is 9.20 Å². The van der Waals surface area contributed by atoms with Crippen molar-refractivity contribution in [3.63, 3.8) is 0 Å². The smallest absolute Gasteiger partial charge is 0.259 e. The molecule has 1 aromatic carbocycles. The van der Waals surface area contributed by atoms with Gasteiger partial charge in [0.2, 0.25) is 0 Å². The zero-order valence-electron chi connectivity index (χ0n) is 11.1. The van der Waals surface area contributed by atoms with E-state index in [4.69, 9.17) is 0 Å². The van der Waals surface area contributed by atoms with Crippen LogP contribution in [0.15, 0.2) is 34.4 Å². The molecule has 0 aliphatic heterocycles. The van der Waals surface area contributed by atoms with Gasteiger partial charge in [-0.05, 0) is 25.1 Å². The minimum absolute atomic E-state index is 0.0411. The predicted molar refractivity (Wildman–Crippen MR) is 77.8 cm³/mol. The summed E-state index contributed by atoms with van der Waals surface area (Å²) in [5.74, 6) is -1.09. The summed E-state index contributed by atoms with van der Waals surface area (Å²) in [6.45, 7) is 1.97. The second-order valence-electron chi connectivity index (χ2n) is 4.56. The molecule has 21 heavy (non-hydrogen) atoms. The normalized spacial score (nSPS) is 11.0. The molecule has 0 aliphatic rings. The first-order valence-electron chi connectivity index (χ1n) is 6.20. The lowest BCUT2D eigenvalue weighted by Crippen LogP contribution is -2.16. The lowest BCUT2D eigenvalue weighted by molar-refractivity contribution is 0.602. The first-order valence-corrected chi connectivity index (χ1v) is 7.08. The maximum Gasteiger partial charge on any atom is 0.259 e. The second kappa shape index (κ2) is 5.25. The second-order valence-corrected chi connectivity index (χ2v) is 5.40. The van der Waals surface area contributed by atoms with Crippen molar-refractivity contribution in [1.82, 2.24) is 9.38 Å². The fourth-order valence-corrected chi connectivity index (χ4v) is 2.90. The summed E-state index contributed by atoms with van der Waals surface area (Å²) in [6.07, 6.45) is 0. The van der Waals surface area contributed by atoms with Gasteiger partial charge >= 0.3 is 0 Å². The monoisotopic (exact) mass is 307 g/mol. The molecule has 0 bridgehead atoms. The summed E-state index contributed by atoms with van der Waals surface area (Å²) >= 11 is 1.36. The Morgan fingerprint density at radius 3 is 2.95 bits per heavy atom. The highest BCUT2D eigenvalue weighted by Gasteiger charge is 2.08. The molecule has 0 aliphatic carbocycles. The van der Waals surface area contributed by atoms with E-state index in [1.165, 1.54) is 21.8 Å². The van der Waals surface area contributed by atoms with Crippen molar-refractivity contribution >= 4 is 22.0 Å². The Labute approximate surface area is 122 Å². The molecule has 0 atom stereocenters. The summed E-state index contributed by atoms with van der Waals surface area (Å²) in [5.41, 5.74) is 1.16. The van der Waals surface area contributed by atoms with Crippen LogP contribution in [-0.4, -0.2) is 9.38 Å². The van der Waals surface area contributed by atoms with Crippen molar-refractivity contribution in [2.24, 2.45) is 0 Å². The van der Waals surface area contributed by atoms with E-state index in [1.54, 1.807) is 0 Å². The van der Waals surface area contributed by atoms with Crippen LogP contribution in [-0.2, 0) is 6.54 Å². The number of benzene rings is 1. The lowest BCUT2D eigenvalue weighted by atomic mass is 10.3. The SMILES string of the molecule is Cc1csc2nc(CNc3cc(F)ccc3F)cc(=O)n12. The minimum Gasteiger partial charge on any atom is -0.377 e. The number of nitrogens with zero attached hydrogens (tertiary/aromatic N) is 2. The molecular weight excluding hydrogens is 296 g/mol. The number of halogens is 2. The van der Waals surface area contributed by atoms with Crippen LogP contribution in [0.1, 0.15) is 11.4 Å². The molecule has 0 saturated heterocycles. The number of aryl methyl sites for hydroxylation is 1. The molecule has 0 unspecified atom stereocenters. The average molecular weight is 307 g/mol. The third kappa shape index (κ3) is 2.64. The van der Waals surface area contributed by atoms with Gasteiger partial charge in [-0.15, -0.1) is 11.3 Å².